The summed E-state index contributed by atoms with van der Waals surface area (Å²) in [5.74, 6) is 0. The highest BCUT2D eigenvalue weighted by Crippen LogP contribution is 2.36. The van der Waals surface area contributed by atoms with Gasteiger partial charge in [-0.05, 0) is 18.1 Å². The van der Waals surface area contributed by atoms with Crippen molar-refractivity contribution in [1.82, 2.24) is 0 Å². The van der Waals surface area contributed by atoms with Gasteiger partial charge in [0.2, 0.25) is 0 Å². The van der Waals surface area contributed by atoms with Crippen LogP contribution in [0.25, 0.3) is 0 Å². The number of hydrogen-bond donors (Lipinski definition) is 0. The number of fused-ring (bicyclic) bond motifs is 1. The molecule has 1 heterocycles. The van der Waals surface area contributed by atoms with Gasteiger partial charge in [-0.1, -0.05) is 45.9 Å². The summed E-state index contributed by atoms with van der Waals surface area (Å²) in [4.78, 5) is 1.37. The molecule has 0 nitrogen and oxygen atoms in total. The zero-order valence-corrected chi connectivity index (χ0v) is 7.54. The van der Waals surface area contributed by atoms with Gasteiger partial charge in [0.15, 0.2) is 0 Å². The first-order valence-electron chi connectivity index (χ1n) is 3.45. The zero-order chi connectivity index (χ0) is 7.52. The number of benzene rings is 1. The molecule has 0 aromatic heterocycles. The van der Waals surface area contributed by atoms with E-state index in [1.165, 1.54) is 10.5 Å². The van der Waals surface area contributed by atoms with E-state index in [1.54, 1.807) is 21.6 Å². The Bertz CT molecular complexity index is 279. The average Bonchev–Trinajstić information content (AvgIpc) is 2.28. The second-order valence-corrected chi connectivity index (χ2v) is 4.31. The van der Waals surface area contributed by atoms with Gasteiger partial charge in [0.05, 0.1) is 0 Å². The van der Waals surface area contributed by atoms with Crippen molar-refractivity contribution in [3.63, 3.8) is 0 Å². The van der Waals surface area contributed by atoms with Gasteiger partial charge in [-0.2, -0.15) is 0 Å². The monoisotopic (exact) mass is 179 g/mol. The molecule has 1 aliphatic rings. The van der Waals surface area contributed by atoms with Crippen molar-refractivity contribution >= 4 is 21.6 Å². The molecule has 0 spiro atoms. The van der Waals surface area contributed by atoms with Crippen LogP contribution < -0.4 is 0 Å². The third-order valence-corrected chi connectivity index (χ3v) is 3.56. The molecule has 0 aliphatic carbocycles. The molecular formula is C9H7S2. The van der Waals surface area contributed by atoms with E-state index in [-0.39, 0.29) is 0 Å². The topological polar surface area (TPSA) is 0 Å². The predicted molar refractivity (Wildman–Crippen MR) is 51.4 cm³/mol. The van der Waals surface area contributed by atoms with Crippen molar-refractivity contribution in [3.8, 4) is 0 Å². The number of hydrogen-bond acceptors (Lipinski definition) is 2. The molecule has 55 valence electrons. The minimum absolute atomic E-state index is 1.02. The van der Waals surface area contributed by atoms with Crippen molar-refractivity contribution in [1.29, 1.82) is 0 Å². The fourth-order valence-corrected chi connectivity index (χ4v) is 2.80. The van der Waals surface area contributed by atoms with Gasteiger partial charge in [-0.3, -0.25) is 0 Å². The SMILES string of the molecule is [C]1=CCc2ccccc2SS1. The highest BCUT2D eigenvalue weighted by molar-refractivity contribution is 8.77. The Morgan fingerprint density at radius 2 is 2.18 bits per heavy atom. The minimum atomic E-state index is 1.02. The molecule has 2 heteroatoms. The Kier molecular flexibility index (Phi) is 2.24. The van der Waals surface area contributed by atoms with Crippen molar-refractivity contribution in [3.05, 3.63) is 41.3 Å². The van der Waals surface area contributed by atoms with Crippen LogP contribution in [0.3, 0.4) is 0 Å². The van der Waals surface area contributed by atoms with Crippen molar-refractivity contribution in [2.75, 3.05) is 0 Å². The van der Waals surface area contributed by atoms with Gasteiger partial charge in [-0.25, -0.2) is 0 Å². The Morgan fingerprint density at radius 1 is 1.27 bits per heavy atom. The molecule has 0 saturated carbocycles. The maximum atomic E-state index is 3.15. The molecule has 1 aromatic rings. The lowest BCUT2D eigenvalue weighted by Gasteiger charge is -2.00. The molecule has 0 fully saturated rings. The van der Waals surface area contributed by atoms with Crippen LogP contribution in [0.4, 0.5) is 0 Å². The lowest BCUT2D eigenvalue weighted by Crippen LogP contribution is -1.81. The van der Waals surface area contributed by atoms with E-state index in [0.29, 0.717) is 0 Å². The summed E-state index contributed by atoms with van der Waals surface area (Å²) >= 11 is 0. The lowest BCUT2D eigenvalue weighted by atomic mass is 10.1. The van der Waals surface area contributed by atoms with E-state index >= 15 is 0 Å². The molecule has 0 N–H and O–H groups in total. The van der Waals surface area contributed by atoms with Crippen LogP contribution in [0, 0.1) is 5.41 Å². The maximum Gasteiger partial charge on any atom is 0.0291 e. The van der Waals surface area contributed by atoms with E-state index < -0.39 is 0 Å². The summed E-state index contributed by atoms with van der Waals surface area (Å²) in [6, 6.07) is 8.50. The third kappa shape index (κ3) is 1.63. The number of allylic oxidation sites excluding steroid dienone is 1. The van der Waals surface area contributed by atoms with Crippen molar-refractivity contribution in [2.24, 2.45) is 0 Å². The molecule has 0 amide bonds. The van der Waals surface area contributed by atoms with E-state index in [9.17, 15) is 0 Å². The lowest BCUT2D eigenvalue weighted by molar-refractivity contribution is 1.19. The first-order valence-corrected chi connectivity index (χ1v) is 5.60. The Balaban J connectivity index is 2.40. The highest BCUT2D eigenvalue weighted by atomic mass is 33.1. The van der Waals surface area contributed by atoms with Crippen molar-refractivity contribution in [2.45, 2.75) is 11.3 Å². The Morgan fingerprint density at radius 3 is 3.18 bits per heavy atom. The Hall–Kier alpha value is -0.340. The van der Waals surface area contributed by atoms with Crippen LogP contribution in [0.2, 0.25) is 0 Å². The van der Waals surface area contributed by atoms with Gasteiger partial charge >= 0.3 is 0 Å². The minimum Gasteiger partial charge on any atom is -0.0644 e. The third-order valence-electron chi connectivity index (χ3n) is 1.56. The molecule has 1 aliphatic heterocycles. The molecule has 2 rings (SSSR count). The fraction of sp³-hybridized carbons (Fsp3) is 0.111. The summed E-state index contributed by atoms with van der Waals surface area (Å²) in [5, 5.41) is 3.15. The Labute approximate surface area is 74.5 Å². The van der Waals surface area contributed by atoms with Crippen LogP contribution in [-0.2, 0) is 6.42 Å². The second-order valence-electron chi connectivity index (χ2n) is 2.30. The maximum absolute atomic E-state index is 3.15. The van der Waals surface area contributed by atoms with Gasteiger partial charge in [0.25, 0.3) is 0 Å². The quantitative estimate of drug-likeness (QED) is 0.560. The first-order chi connectivity index (χ1) is 5.47. The summed E-state index contributed by atoms with van der Waals surface area (Å²) in [6.07, 6.45) is 3.11. The van der Waals surface area contributed by atoms with Crippen molar-refractivity contribution < 1.29 is 0 Å². The molecule has 0 unspecified atom stereocenters. The molecule has 11 heavy (non-hydrogen) atoms. The van der Waals surface area contributed by atoms with Crippen LogP contribution in [0.5, 0.6) is 0 Å². The van der Waals surface area contributed by atoms with Crippen LogP contribution in [-0.4, -0.2) is 0 Å². The summed E-state index contributed by atoms with van der Waals surface area (Å²) in [7, 11) is 3.45. The van der Waals surface area contributed by atoms with E-state index in [2.05, 4.69) is 35.7 Å². The molecule has 1 aromatic carbocycles. The summed E-state index contributed by atoms with van der Waals surface area (Å²) in [6.45, 7) is 0. The molecule has 1 radical (unpaired) electrons. The van der Waals surface area contributed by atoms with E-state index in [0.717, 1.165) is 6.42 Å². The standard InChI is InChI=1S/C9H7S2/c1-2-6-9-8(4-1)5-3-7-10-11-9/h1-4,6H,5H2. The van der Waals surface area contributed by atoms with Gasteiger partial charge in [0.1, 0.15) is 0 Å². The zero-order valence-electron chi connectivity index (χ0n) is 5.91. The molecule has 0 saturated heterocycles. The smallest absolute Gasteiger partial charge is 0.0291 e. The molecule has 0 bridgehead atoms. The second kappa shape index (κ2) is 3.37. The average molecular weight is 179 g/mol. The largest absolute Gasteiger partial charge is 0.0644 e. The fourth-order valence-electron chi connectivity index (χ4n) is 1.01. The predicted octanol–water partition coefficient (Wildman–Crippen LogP) is 3.30. The van der Waals surface area contributed by atoms with Crippen LogP contribution in [0.15, 0.2) is 35.2 Å². The normalized spacial score (nSPS) is 15.6. The summed E-state index contributed by atoms with van der Waals surface area (Å²) < 4.78 is 0. The van der Waals surface area contributed by atoms with Gasteiger partial charge < -0.3 is 0 Å². The van der Waals surface area contributed by atoms with E-state index in [4.69, 9.17) is 0 Å². The van der Waals surface area contributed by atoms with Crippen LogP contribution in [0.1, 0.15) is 5.56 Å². The first kappa shape index (κ1) is 7.32. The molecular weight excluding hydrogens is 172 g/mol. The summed E-state index contributed by atoms with van der Waals surface area (Å²) in [5.41, 5.74) is 1.41. The molecule has 0 atom stereocenters. The van der Waals surface area contributed by atoms with Crippen LogP contribution >= 0.6 is 21.6 Å². The van der Waals surface area contributed by atoms with Gasteiger partial charge in [0, 0.05) is 10.3 Å². The van der Waals surface area contributed by atoms with E-state index in [1.807, 2.05) is 0 Å². The number of rotatable bonds is 0. The highest BCUT2D eigenvalue weighted by Gasteiger charge is 2.02. The van der Waals surface area contributed by atoms with Gasteiger partial charge in [-0.15, -0.1) is 0 Å².